The van der Waals surface area contributed by atoms with E-state index in [1.165, 1.54) is 12.8 Å². The summed E-state index contributed by atoms with van der Waals surface area (Å²) < 4.78 is 22.9. The second-order valence-electron chi connectivity index (χ2n) is 5.02. The van der Waals surface area contributed by atoms with E-state index in [1.807, 2.05) is 0 Å². The van der Waals surface area contributed by atoms with Gasteiger partial charge in [0, 0.05) is 13.1 Å². The zero-order chi connectivity index (χ0) is 11.4. The summed E-state index contributed by atoms with van der Waals surface area (Å²) >= 11 is 0. The lowest BCUT2D eigenvalue weighted by atomic mass is 9.99. The lowest BCUT2D eigenvalue weighted by molar-refractivity contribution is 0.220. The monoisotopic (exact) mass is 246 g/mol. The van der Waals surface area contributed by atoms with Crippen LogP contribution in [-0.4, -0.2) is 57.5 Å². The Labute approximate surface area is 98.3 Å². The molecule has 94 valence electrons. The fourth-order valence-electron chi connectivity index (χ4n) is 2.62. The molecule has 2 fully saturated rings. The van der Waals surface area contributed by atoms with Crippen LogP contribution < -0.4 is 5.32 Å². The molecule has 0 aromatic carbocycles. The van der Waals surface area contributed by atoms with Gasteiger partial charge in [-0.25, -0.2) is 8.42 Å². The fraction of sp³-hybridized carbons (Fsp3) is 1.00. The van der Waals surface area contributed by atoms with E-state index in [9.17, 15) is 8.42 Å². The van der Waals surface area contributed by atoms with Crippen LogP contribution in [0.4, 0.5) is 0 Å². The van der Waals surface area contributed by atoms with Crippen LogP contribution in [0.15, 0.2) is 0 Å². The summed E-state index contributed by atoms with van der Waals surface area (Å²) in [4.78, 5) is 2.34. The van der Waals surface area contributed by atoms with Gasteiger partial charge in [-0.3, -0.25) is 0 Å². The molecule has 1 atom stereocenters. The van der Waals surface area contributed by atoms with Gasteiger partial charge in [0.15, 0.2) is 9.84 Å². The Morgan fingerprint density at radius 1 is 1.19 bits per heavy atom. The maximum Gasteiger partial charge on any atom is 0.151 e. The molecule has 2 saturated heterocycles. The second kappa shape index (κ2) is 5.47. The van der Waals surface area contributed by atoms with Gasteiger partial charge in [0.05, 0.1) is 11.5 Å². The van der Waals surface area contributed by atoms with Crippen molar-refractivity contribution in [1.82, 2.24) is 10.2 Å². The lowest BCUT2D eigenvalue weighted by Crippen LogP contribution is -2.39. The Morgan fingerprint density at radius 2 is 2.06 bits per heavy atom. The van der Waals surface area contributed by atoms with E-state index in [4.69, 9.17) is 0 Å². The van der Waals surface area contributed by atoms with Gasteiger partial charge in [-0.1, -0.05) is 0 Å². The molecule has 0 amide bonds. The normalized spacial score (nSPS) is 32.1. The maximum absolute atomic E-state index is 11.5. The Kier molecular flexibility index (Phi) is 4.21. The van der Waals surface area contributed by atoms with E-state index in [1.54, 1.807) is 0 Å². The fourth-order valence-corrected chi connectivity index (χ4v) is 3.93. The van der Waals surface area contributed by atoms with Gasteiger partial charge < -0.3 is 10.2 Å². The first kappa shape index (κ1) is 12.3. The number of piperidine rings is 1. The highest BCUT2D eigenvalue weighted by atomic mass is 32.2. The quantitative estimate of drug-likeness (QED) is 0.751. The van der Waals surface area contributed by atoms with E-state index >= 15 is 0 Å². The zero-order valence-electron chi connectivity index (χ0n) is 9.82. The van der Waals surface area contributed by atoms with Crippen LogP contribution in [0.5, 0.6) is 0 Å². The minimum atomic E-state index is -2.75. The van der Waals surface area contributed by atoms with Crippen LogP contribution in [0.1, 0.15) is 19.3 Å². The summed E-state index contributed by atoms with van der Waals surface area (Å²) in [7, 11) is -2.75. The molecular formula is C11H22N2O2S. The zero-order valence-corrected chi connectivity index (χ0v) is 10.6. The number of sulfone groups is 1. The van der Waals surface area contributed by atoms with Crippen molar-refractivity contribution < 1.29 is 8.42 Å². The molecular weight excluding hydrogens is 224 g/mol. The molecule has 2 aliphatic heterocycles. The highest BCUT2D eigenvalue weighted by Crippen LogP contribution is 2.13. The molecule has 0 aromatic heterocycles. The first-order valence-corrected chi connectivity index (χ1v) is 8.11. The van der Waals surface area contributed by atoms with Crippen molar-refractivity contribution in [2.75, 3.05) is 44.2 Å². The van der Waals surface area contributed by atoms with Gasteiger partial charge in [0.25, 0.3) is 0 Å². The average molecular weight is 246 g/mol. The molecule has 0 bridgehead atoms. The topological polar surface area (TPSA) is 49.4 Å². The van der Waals surface area contributed by atoms with Crippen LogP contribution in [0.2, 0.25) is 0 Å². The van der Waals surface area contributed by atoms with Crippen molar-refractivity contribution >= 4 is 9.84 Å². The molecule has 0 spiro atoms. The highest BCUT2D eigenvalue weighted by Gasteiger charge is 2.22. The molecule has 1 unspecified atom stereocenters. The third-order valence-electron chi connectivity index (χ3n) is 3.56. The molecule has 0 aliphatic carbocycles. The van der Waals surface area contributed by atoms with Crippen LogP contribution in [-0.2, 0) is 9.84 Å². The minimum absolute atomic E-state index is 0.354. The number of nitrogens with zero attached hydrogens (tertiary/aromatic N) is 1. The second-order valence-corrected chi connectivity index (χ2v) is 7.32. The van der Waals surface area contributed by atoms with Crippen LogP contribution >= 0.6 is 0 Å². The Balaban J connectivity index is 1.81. The Morgan fingerprint density at radius 3 is 2.81 bits per heavy atom. The predicted molar refractivity (Wildman–Crippen MR) is 65.3 cm³/mol. The number of rotatable bonds is 2. The van der Waals surface area contributed by atoms with Crippen molar-refractivity contribution in [3.05, 3.63) is 0 Å². The average Bonchev–Trinajstić information content (AvgIpc) is 2.42. The van der Waals surface area contributed by atoms with Gasteiger partial charge in [-0.2, -0.15) is 0 Å². The third-order valence-corrected chi connectivity index (χ3v) is 5.28. The standard InChI is InChI=1S/C11H22N2O2S/c14-16(15)7-2-5-13(6-8-16)10-11-3-1-4-12-9-11/h11-12H,1-10H2. The van der Waals surface area contributed by atoms with Crippen molar-refractivity contribution in [2.45, 2.75) is 19.3 Å². The van der Waals surface area contributed by atoms with E-state index in [0.717, 1.165) is 45.1 Å². The highest BCUT2D eigenvalue weighted by molar-refractivity contribution is 7.91. The predicted octanol–water partition coefficient (Wildman–Crippen LogP) is 0.107. The van der Waals surface area contributed by atoms with Crippen LogP contribution in [0, 0.1) is 5.92 Å². The summed E-state index contributed by atoms with van der Waals surface area (Å²) in [6.07, 6.45) is 3.36. The smallest absolute Gasteiger partial charge is 0.151 e. The number of hydrogen-bond acceptors (Lipinski definition) is 4. The lowest BCUT2D eigenvalue weighted by Gasteiger charge is -2.28. The molecule has 2 rings (SSSR count). The molecule has 5 heteroatoms. The molecule has 0 aromatic rings. The van der Waals surface area contributed by atoms with Crippen molar-refractivity contribution in [2.24, 2.45) is 5.92 Å². The molecule has 16 heavy (non-hydrogen) atoms. The Hall–Kier alpha value is -0.130. The number of nitrogens with one attached hydrogen (secondary N) is 1. The summed E-state index contributed by atoms with van der Waals surface area (Å²) in [6.45, 7) is 5.01. The molecule has 0 radical (unpaired) electrons. The van der Waals surface area contributed by atoms with Crippen LogP contribution in [0.25, 0.3) is 0 Å². The first-order chi connectivity index (χ1) is 7.66. The summed E-state index contributed by atoms with van der Waals surface area (Å²) in [5.41, 5.74) is 0. The van der Waals surface area contributed by atoms with Gasteiger partial charge >= 0.3 is 0 Å². The van der Waals surface area contributed by atoms with E-state index in [2.05, 4.69) is 10.2 Å². The number of hydrogen-bond donors (Lipinski definition) is 1. The molecule has 2 heterocycles. The molecule has 0 saturated carbocycles. The minimum Gasteiger partial charge on any atom is -0.316 e. The SMILES string of the molecule is O=S1(=O)CCCN(CC2CCCNC2)CC1. The summed E-state index contributed by atoms with van der Waals surface area (Å²) in [5, 5.41) is 3.41. The largest absolute Gasteiger partial charge is 0.316 e. The van der Waals surface area contributed by atoms with Crippen molar-refractivity contribution in [3.63, 3.8) is 0 Å². The van der Waals surface area contributed by atoms with Gasteiger partial charge in [0.2, 0.25) is 0 Å². The van der Waals surface area contributed by atoms with E-state index in [0.29, 0.717) is 11.5 Å². The molecule has 2 aliphatic rings. The summed E-state index contributed by atoms with van der Waals surface area (Å²) in [6, 6.07) is 0. The third kappa shape index (κ3) is 3.71. The molecule has 4 nitrogen and oxygen atoms in total. The van der Waals surface area contributed by atoms with Gasteiger partial charge in [0.1, 0.15) is 0 Å². The summed E-state index contributed by atoms with van der Waals surface area (Å²) in [5.74, 6) is 1.45. The van der Waals surface area contributed by atoms with Gasteiger partial charge in [-0.05, 0) is 44.8 Å². The van der Waals surface area contributed by atoms with Gasteiger partial charge in [-0.15, -0.1) is 0 Å². The van der Waals surface area contributed by atoms with Crippen molar-refractivity contribution in [1.29, 1.82) is 0 Å². The molecule has 1 N–H and O–H groups in total. The van der Waals surface area contributed by atoms with E-state index < -0.39 is 9.84 Å². The first-order valence-electron chi connectivity index (χ1n) is 6.29. The Bertz CT molecular complexity index is 310. The van der Waals surface area contributed by atoms with Crippen molar-refractivity contribution in [3.8, 4) is 0 Å². The maximum atomic E-state index is 11.5. The van der Waals surface area contributed by atoms with E-state index in [-0.39, 0.29) is 0 Å². The van der Waals surface area contributed by atoms with Crippen LogP contribution in [0.3, 0.4) is 0 Å².